The molecule has 0 aromatic heterocycles. The number of non-ortho nitro benzene ring substituents is 1. The van der Waals surface area contributed by atoms with Gasteiger partial charge < -0.3 is 19.5 Å². The van der Waals surface area contributed by atoms with Gasteiger partial charge in [-0.05, 0) is 85.1 Å². The third kappa shape index (κ3) is 7.13. The third-order valence-corrected chi connectivity index (χ3v) is 5.72. The number of nitrogens with one attached hydrogen (secondary N) is 1. The first-order valence-electron chi connectivity index (χ1n) is 12.4. The number of nitro benzene ring substituents is 1. The predicted octanol–water partition coefficient (Wildman–Crippen LogP) is 7.71. The lowest BCUT2D eigenvalue weighted by Gasteiger charge is -2.18. The van der Waals surface area contributed by atoms with Gasteiger partial charge in [-0.1, -0.05) is 24.3 Å². The number of para-hydroxylation sites is 1. The minimum Gasteiger partial charge on any atom is -0.490 e. The molecule has 4 rings (SSSR count). The topological polar surface area (TPSA) is 82.9 Å². The molecule has 194 valence electrons. The van der Waals surface area contributed by atoms with Crippen molar-refractivity contribution in [1.29, 1.82) is 0 Å². The smallest absolute Gasteiger partial charge is 0.269 e. The summed E-state index contributed by atoms with van der Waals surface area (Å²) in [6, 6.07) is 27.9. The zero-order valence-electron chi connectivity index (χ0n) is 21.3. The van der Waals surface area contributed by atoms with E-state index < -0.39 is 4.92 Å². The van der Waals surface area contributed by atoms with Crippen molar-refractivity contribution in [2.45, 2.75) is 26.5 Å². The van der Waals surface area contributed by atoms with E-state index in [1.54, 1.807) is 12.1 Å². The highest BCUT2D eigenvalue weighted by molar-refractivity contribution is 5.53. The molecule has 4 aromatic rings. The largest absolute Gasteiger partial charge is 0.490 e. The molecule has 0 amide bonds. The summed E-state index contributed by atoms with van der Waals surface area (Å²) in [5.41, 5.74) is 3.83. The van der Waals surface area contributed by atoms with Gasteiger partial charge in [-0.15, -0.1) is 6.58 Å². The van der Waals surface area contributed by atoms with Gasteiger partial charge in [0.05, 0.1) is 11.5 Å². The maximum absolute atomic E-state index is 10.9. The molecule has 0 aliphatic heterocycles. The second-order valence-electron chi connectivity index (χ2n) is 8.51. The highest BCUT2D eigenvalue weighted by Crippen LogP contribution is 2.35. The zero-order valence-corrected chi connectivity index (χ0v) is 21.3. The van der Waals surface area contributed by atoms with Crippen LogP contribution in [0.25, 0.3) is 0 Å². The first-order valence-corrected chi connectivity index (χ1v) is 12.4. The Morgan fingerprint density at radius 1 is 0.895 bits per heavy atom. The van der Waals surface area contributed by atoms with Crippen molar-refractivity contribution in [3.63, 3.8) is 0 Å². The fourth-order valence-electron chi connectivity index (χ4n) is 3.90. The van der Waals surface area contributed by atoms with Crippen molar-refractivity contribution in [2.24, 2.45) is 0 Å². The Morgan fingerprint density at radius 3 is 2.26 bits per heavy atom. The Morgan fingerprint density at radius 2 is 1.61 bits per heavy atom. The number of rotatable bonds is 13. The molecule has 0 aliphatic rings. The summed E-state index contributed by atoms with van der Waals surface area (Å²) in [7, 11) is 0. The Balaban J connectivity index is 1.46. The molecule has 0 atom stereocenters. The van der Waals surface area contributed by atoms with Gasteiger partial charge >= 0.3 is 0 Å². The number of ether oxygens (including phenoxy) is 3. The Hall–Kier alpha value is -4.78. The lowest BCUT2D eigenvalue weighted by Crippen LogP contribution is -2.06. The molecule has 0 saturated carbocycles. The normalized spacial score (nSPS) is 10.4. The van der Waals surface area contributed by atoms with Crippen LogP contribution in [0.4, 0.5) is 11.4 Å². The summed E-state index contributed by atoms with van der Waals surface area (Å²) in [5, 5.41) is 14.4. The summed E-state index contributed by atoms with van der Waals surface area (Å²) in [6.45, 7) is 7.16. The lowest BCUT2D eigenvalue weighted by atomic mass is 10.0. The first-order chi connectivity index (χ1) is 18.6. The monoisotopic (exact) mass is 510 g/mol. The van der Waals surface area contributed by atoms with Gasteiger partial charge in [0.15, 0.2) is 11.5 Å². The van der Waals surface area contributed by atoms with Crippen LogP contribution in [-0.4, -0.2) is 11.5 Å². The van der Waals surface area contributed by atoms with Gasteiger partial charge in [-0.25, -0.2) is 0 Å². The fourth-order valence-corrected chi connectivity index (χ4v) is 3.90. The molecule has 0 bridgehead atoms. The molecular formula is C31H30N2O5. The summed E-state index contributed by atoms with van der Waals surface area (Å²) in [4.78, 5) is 10.5. The van der Waals surface area contributed by atoms with E-state index in [1.165, 1.54) is 12.1 Å². The second-order valence-corrected chi connectivity index (χ2v) is 8.51. The van der Waals surface area contributed by atoms with Crippen molar-refractivity contribution >= 4 is 11.4 Å². The lowest BCUT2D eigenvalue weighted by molar-refractivity contribution is -0.384. The van der Waals surface area contributed by atoms with E-state index in [9.17, 15) is 10.1 Å². The average Bonchev–Trinajstić information content (AvgIpc) is 2.93. The van der Waals surface area contributed by atoms with Crippen LogP contribution < -0.4 is 19.5 Å². The quantitative estimate of drug-likeness (QED) is 0.113. The molecule has 0 fully saturated rings. The molecule has 0 aliphatic carbocycles. The Kier molecular flexibility index (Phi) is 8.97. The van der Waals surface area contributed by atoms with Gasteiger partial charge in [0.2, 0.25) is 0 Å². The van der Waals surface area contributed by atoms with E-state index in [0.717, 1.165) is 33.9 Å². The second kappa shape index (κ2) is 13.0. The number of nitrogens with zero attached hydrogens (tertiary/aromatic N) is 1. The van der Waals surface area contributed by atoms with Crippen LogP contribution in [0.5, 0.6) is 23.0 Å². The van der Waals surface area contributed by atoms with Gasteiger partial charge in [0.25, 0.3) is 5.69 Å². The van der Waals surface area contributed by atoms with E-state index in [1.807, 2.05) is 73.7 Å². The number of hydrogen-bond acceptors (Lipinski definition) is 6. The van der Waals surface area contributed by atoms with Crippen LogP contribution in [0.2, 0.25) is 0 Å². The van der Waals surface area contributed by atoms with Crippen molar-refractivity contribution in [2.75, 3.05) is 11.9 Å². The molecule has 0 spiro atoms. The van der Waals surface area contributed by atoms with Crippen LogP contribution in [-0.2, 0) is 19.6 Å². The van der Waals surface area contributed by atoms with E-state index in [0.29, 0.717) is 31.1 Å². The SMILES string of the molecule is C=CCc1cc(CNc2ccc(Oc3ccccc3)cc2)cc(OCC)c1OCc1ccc([N+](=O)[O-])cc1. The van der Waals surface area contributed by atoms with Crippen LogP contribution >= 0.6 is 0 Å². The fraction of sp³-hybridized carbons (Fsp3) is 0.161. The van der Waals surface area contributed by atoms with E-state index in [-0.39, 0.29) is 12.3 Å². The summed E-state index contributed by atoms with van der Waals surface area (Å²) in [6.07, 6.45) is 2.43. The van der Waals surface area contributed by atoms with E-state index in [2.05, 4.69) is 18.0 Å². The van der Waals surface area contributed by atoms with Crippen molar-refractivity contribution in [1.82, 2.24) is 0 Å². The molecule has 4 aromatic carbocycles. The van der Waals surface area contributed by atoms with E-state index in [4.69, 9.17) is 14.2 Å². The molecule has 0 saturated heterocycles. The number of nitro groups is 1. The molecule has 7 nitrogen and oxygen atoms in total. The van der Waals surface area contributed by atoms with Crippen LogP contribution in [0.3, 0.4) is 0 Å². The van der Waals surface area contributed by atoms with E-state index >= 15 is 0 Å². The first kappa shape index (κ1) is 26.3. The highest BCUT2D eigenvalue weighted by Gasteiger charge is 2.14. The maximum Gasteiger partial charge on any atom is 0.269 e. The van der Waals surface area contributed by atoms with Crippen molar-refractivity contribution in [3.8, 4) is 23.0 Å². The number of benzene rings is 4. The van der Waals surface area contributed by atoms with Crippen LogP contribution in [0, 0.1) is 10.1 Å². The standard InChI is InChI=1S/C31H30N2O5/c1-3-8-25-19-24(21-32-26-13-17-29(18-14-26)38-28-9-6-5-7-10-28)20-30(36-4-2)31(25)37-22-23-11-15-27(16-12-23)33(34)35/h3,5-7,9-20,32H,1,4,8,21-22H2,2H3. The van der Waals surface area contributed by atoms with Gasteiger partial charge in [0, 0.05) is 29.9 Å². The third-order valence-electron chi connectivity index (χ3n) is 5.72. The molecule has 0 unspecified atom stereocenters. The molecule has 1 N–H and O–H groups in total. The van der Waals surface area contributed by atoms with Gasteiger partial charge in [-0.3, -0.25) is 10.1 Å². The summed E-state index contributed by atoms with van der Waals surface area (Å²) < 4.78 is 18.0. The molecule has 38 heavy (non-hydrogen) atoms. The number of allylic oxidation sites excluding steroid dienone is 1. The van der Waals surface area contributed by atoms with Gasteiger partial charge in [0.1, 0.15) is 18.1 Å². The Labute approximate surface area is 222 Å². The molecule has 7 heteroatoms. The molecule has 0 heterocycles. The predicted molar refractivity (Wildman–Crippen MR) is 149 cm³/mol. The zero-order chi connectivity index (χ0) is 26.7. The molecular weight excluding hydrogens is 480 g/mol. The minimum absolute atomic E-state index is 0.0475. The van der Waals surface area contributed by atoms with Crippen molar-refractivity contribution < 1.29 is 19.1 Å². The number of hydrogen-bond donors (Lipinski definition) is 1. The summed E-state index contributed by atoms with van der Waals surface area (Å²) in [5.74, 6) is 2.86. The summed E-state index contributed by atoms with van der Waals surface area (Å²) >= 11 is 0. The van der Waals surface area contributed by atoms with Gasteiger partial charge in [-0.2, -0.15) is 0 Å². The maximum atomic E-state index is 10.9. The Bertz CT molecular complexity index is 1350. The minimum atomic E-state index is -0.417. The molecule has 0 radical (unpaired) electrons. The highest BCUT2D eigenvalue weighted by atomic mass is 16.6. The van der Waals surface area contributed by atoms with Crippen molar-refractivity contribution in [3.05, 3.63) is 130 Å². The van der Waals surface area contributed by atoms with Crippen LogP contribution in [0.1, 0.15) is 23.6 Å². The number of anilines is 1. The average molecular weight is 511 g/mol. The van der Waals surface area contributed by atoms with Crippen LogP contribution in [0.15, 0.2) is 104 Å².